The topological polar surface area (TPSA) is 77.8 Å². The predicted molar refractivity (Wildman–Crippen MR) is 83.2 cm³/mol. The number of fused-ring (bicyclic) bond motifs is 1. The Balaban J connectivity index is 2.06. The van der Waals surface area contributed by atoms with Crippen molar-refractivity contribution in [3.8, 4) is 12.1 Å². The van der Waals surface area contributed by atoms with Crippen LogP contribution in [0.1, 0.15) is 27.2 Å². The molecule has 4 nitrogen and oxygen atoms in total. The lowest BCUT2D eigenvalue weighted by Gasteiger charge is -1.97. The lowest BCUT2D eigenvalue weighted by molar-refractivity contribution is 0.101. The SMILES string of the molecule is N#Cc1ccc(C(=O)c2cc3cc(C#N)cc(Br)c3o2)cc1. The van der Waals surface area contributed by atoms with Crippen molar-refractivity contribution >= 4 is 32.7 Å². The number of carbonyl (C=O) groups excluding carboxylic acids is 1. The molecule has 0 aliphatic carbocycles. The van der Waals surface area contributed by atoms with E-state index in [0.29, 0.717) is 32.1 Å². The molecule has 2 aromatic carbocycles. The number of hydrogen-bond donors (Lipinski definition) is 0. The van der Waals surface area contributed by atoms with E-state index < -0.39 is 0 Å². The molecule has 0 radical (unpaired) electrons. The highest BCUT2D eigenvalue weighted by atomic mass is 79.9. The molecule has 0 unspecified atom stereocenters. The third-order valence-corrected chi connectivity index (χ3v) is 3.79. The summed E-state index contributed by atoms with van der Waals surface area (Å²) in [5, 5.41) is 18.4. The van der Waals surface area contributed by atoms with Gasteiger partial charge in [0.05, 0.1) is 27.7 Å². The van der Waals surface area contributed by atoms with Crippen LogP contribution in [-0.2, 0) is 0 Å². The van der Waals surface area contributed by atoms with Gasteiger partial charge in [0.2, 0.25) is 5.78 Å². The van der Waals surface area contributed by atoms with Crippen LogP contribution < -0.4 is 0 Å². The molecule has 1 aromatic heterocycles. The van der Waals surface area contributed by atoms with Crippen molar-refractivity contribution < 1.29 is 9.21 Å². The molecule has 22 heavy (non-hydrogen) atoms. The molecule has 0 aliphatic rings. The average Bonchev–Trinajstić information content (AvgIpc) is 2.98. The monoisotopic (exact) mass is 350 g/mol. The predicted octanol–water partition coefficient (Wildman–Crippen LogP) is 4.17. The zero-order valence-electron chi connectivity index (χ0n) is 11.1. The molecule has 104 valence electrons. The first kappa shape index (κ1) is 14.1. The molecule has 0 N–H and O–H groups in total. The van der Waals surface area contributed by atoms with E-state index in [9.17, 15) is 4.79 Å². The number of rotatable bonds is 2. The minimum Gasteiger partial charge on any atom is -0.451 e. The highest BCUT2D eigenvalue weighted by molar-refractivity contribution is 9.10. The zero-order chi connectivity index (χ0) is 15.7. The zero-order valence-corrected chi connectivity index (χ0v) is 12.7. The molecule has 0 aliphatic heterocycles. The van der Waals surface area contributed by atoms with Gasteiger partial charge >= 0.3 is 0 Å². The van der Waals surface area contributed by atoms with Crippen LogP contribution in [0.4, 0.5) is 0 Å². The summed E-state index contributed by atoms with van der Waals surface area (Å²) in [6.07, 6.45) is 0. The highest BCUT2D eigenvalue weighted by Gasteiger charge is 2.16. The van der Waals surface area contributed by atoms with E-state index in [1.807, 2.05) is 6.07 Å². The van der Waals surface area contributed by atoms with Crippen molar-refractivity contribution in [2.45, 2.75) is 0 Å². The number of benzene rings is 2. The number of furan rings is 1. The summed E-state index contributed by atoms with van der Waals surface area (Å²) in [7, 11) is 0. The molecule has 0 saturated carbocycles. The molecular formula is C17H7BrN2O2. The number of carbonyl (C=O) groups is 1. The van der Waals surface area contributed by atoms with Crippen LogP contribution in [0.15, 0.2) is 51.4 Å². The fourth-order valence-corrected chi connectivity index (χ4v) is 2.68. The number of ketones is 1. The molecule has 0 saturated heterocycles. The van der Waals surface area contributed by atoms with Crippen molar-refractivity contribution in [2.24, 2.45) is 0 Å². The van der Waals surface area contributed by atoms with Gasteiger partial charge in [0.25, 0.3) is 0 Å². The summed E-state index contributed by atoms with van der Waals surface area (Å²) in [5.41, 5.74) is 1.94. The first-order valence-corrected chi connectivity index (χ1v) is 7.09. The van der Waals surface area contributed by atoms with Gasteiger partial charge in [0, 0.05) is 10.9 Å². The van der Waals surface area contributed by atoms with E-state index in [4.69, 9.17) is 14.9 Å². The Morgan fingerprint density at radius 3 is 2.32 bits per heavy atom. The van der Waals surface area contributed by atoms with E-state index >= 15 is 0 Å². The Hall–Kier alpha value is -2.89. The third kappa shape index (κ3) is 2.39. The molecular weight excluding hydrogens is 344 g/mol. The summed E-state index contributed by atoms with van der Waals surface area (Å²) in [4.78, 5) is 12.4. The summed E-state index contributed by atoms with van der Waals surface area (Å²) in [6.45, 7) is 0. The van der Waals surface area contributed by atoms with Crippen LogP contribution in [0, 0.1) is 22.7 Å². The fourth-order valence-electron chi connectivity index (χ4n) is 2.13. The molecule has 0 amide bonds. The normalized spacial score (nSPS) is 10.1. The Labute approximate surface area is 134 Å². The van der Waals surface area contributed by atoms with Gasteiger partial charge in [-0.25, -0.2) is 0 Å². The molecule has 5 heteroatoms. The fraction of sp³-hybridized carbons (Fsp3) is 0. The van der Waals surface area contributed by atoms with Gasteiger partial charge in [0.15, 0.2) is 5.76 Å². The quantitative estimate of drug-likeness (QED) is 0.649. The Kier molecular flexibility index (Phi) is 3.50. The molecule has 0 fully saturated rings. The lowest BCUT2D eigenvalue weighted by atomic mass is 10.1. The van der Waals surface area contributed by atoms with Crippen LogP contribution >= 0.6 is 15.9 Å². The molecule has 0 atom stereocenters. The minimum atomic E-state index is -0.272. The molecule has 3 aromatic rings. The molecule has 0 bridgehead atoms. The smallest absolute Gasteiger partial charge is 0.228 e. The molecule has 0 spiro atoms. The van der Waals surface area contributed by atoms with Crippen molar-refractivity contribution in [1.82, 2.24) is 0 Å². The maximum atomic E-state index is 12.4. The minimum absolute atomic E-state index is 0.190. The van der Waals surface area contributed by atoms with Crippen LogP contribution in [-0.4, -0.2) is 5.78 Å². The Bertz CT molecular complexity index is 973. The number of halogens is 1. The lowest BCUT2D eigenvalue weighted by Crippen LogP contribution is -1.99. The van der Waals surface area contributed by atoms with Crippen LogP contribution in [0.2, 0.25) is 0 Å². The first-order valence-electron chi connectivity index (χ1n) is 6.30. The van der Waals surface area contributed by atoms with Crippen molar-refractivity contribution in [3.63, 3.8) is 0 Å². The maximum Gasteiger partial charge on any atom is 0.228 e. The second-order valence-electron chi connectivity index (χ2n) is 4.62. The second-order valence-corrected chi connectivity index (χ2v) is 5.47. The summed E-state index contributed by atoms with van der Waals surface area (Å²) in [6, 6.07) is 15.3. The van der Waals surface area contributed by atoms with Gasteiger partial charge in [-0.3, -0.25) is 4.79 Å². The Morgan fingerprint density at radius 2 is 1.68 bits per heavy atom. The maximum absolute atomic E-state index is 12.4. The van der Waals surface area contributed by atoms with E-state index in [1.54, 1.807) is 42.5 Å². The van der Waals surface area contributed by atoms with E-state index in [1.165, 1.54) is 0 Å². The summed E-state index contributed by atoms with van der Waals surface area (Å²) < 4.78 is 6.23. The van der Waals surface area contributed by atoms with Gasteiger partial charge in [-0.1, -0.05) is 0 Å². The van der Waals surface area contributed by atoms with Crippen LogP contribution in [0.5, 0.6) is 0 Å². The van der Waals surface area contributed by atoms with Gasteiger partial charge in [-0.05, 0) is 58.4 Å². The largest absolute Gasteiger partial charge is 0.451 e. The first-order chi connectivity index (χ1) is 10.6. The third-order valence-electron chi connectivity index (χ3n) is 3.20. The van der Waals surface area contributed by atoms with Gasteiger partial charge in [-0.15, -0.1) is 0 Å². The van der Waals surface area contributed by atoms with Gasteiger partial charge in [0.1, 0.15) is 5.58 Å². The van der Waals surface area contributed by atoms with Crippen LogP contribution in [0.25, 0.3) is 11.0 Å². The van der Waals surface area contributed by atoms with Crippen molar-refractivity contribution in [2.75, 3.05) is 0 Å². The number of nitrogens with zero attached hydrogens (tertiary/aromatic N) is 2. The standard InChI is InChI=1S/C17H7BrN2O2/c18-14-6-11(9-20)5-13-7-15(22-17(13)14)16(21)12-3-1-10(8-19)2-4-12/h1-7H. The molecule has 1 heterocycles. The highest BCUT2D eigenvalue weighted by Crippen LogP contribution is 2.29. The second kappa shape index (κ2) is 5.48. The van der Waals surface area contributed by atoms with Crippen molar-refractivity contribution in [1.29, 1.82) is 10.5 Å². The number of hydrogen-bond acceptors (Lipinski definition) is 4. The van der Waals surface area contributed by atoms with E-state index in [2.05, 4.69) is 22.0 Å². The van der Waals surface area contributed by atoms with Crippen molar-refractivity contribution in [3.05, 3.63) is 69.4 Å². The van der Waals surface area contributed by atoms with E-state index in [0.717, 1.165) is 0 Å². The van der Waals surface area contributed by atoms with Gasteiger partial charge in [-0.2, -0.15) is 10.5 Å². The van der Waals surface area contributed by atoms with Crippen LogP contribution in [0.3, 0.4) is 0 Å². The Morgan fingerprint density at radius 1 is 1.00 bits per heavy atom. The summed E-state index contributed by atoms with van der Waals surface area (Å²) in [5.74, 6) is -0.0819. The molecule has 3 rings (SSSR count). The van der Waals surface area contributed by atoms with Gasteiger partial charge < -0.3 is 4.42 Å². The number of nitriles is 2. The summed E-state index contributed by atoms with van der Waals surface area (Å²) >= 11 is 3.33. The van der Waals surface area contributed by atoms with E-state index in [-0.39, 0.29) is 11.5 Å². The average molecular weight is 351 g/mol.